The number of rotatable bonds is 5. The Morgan fingerprint density at radius 2 is 1.90 bits per heavy atom. The summed E-state index contributed by atoms with van der Waals surface area (Å²) in [6.45, 7) is -0.446. The Morgan fingerprint density at radius 3 is 2.38 bits per heavy atom. The minimum Gasteiger partial charge on any atom is -0.545 e. The number of anilines is 1. The first-order valence-electron chi connectivity index (χ1n) is 5.88. The van der Waals surface area contributed by atoms with Crippen LogP contribution in [0.4, 0.5) is 5.69 Å². The van der Waals surface area contributed by atoms with E-state index < -0.39 is 37.2 Å². The molecular formula is C12H14NNaO7. The van der Waals surface area contributed by atoms with Gasteiger partial charge in [0.15, 0.2) is 0 Å². The summed E-state index contributed by atoms with van der Waals surface area (Å²) in [7, 11) is 0. The van der Waals surface area contributed by atoms with Gasteiger partial charge in [-0.3, -0.25) is 5.48 Å². The average Bonchev–Trinajstić information content (AvgIpc) is 2.73. The summed E-state index contributed by atoms with van der Waals surface area (Å²) in [4.78, 5) is 15.6. The van der Waals surface area contributed by atoms with Gasteiger partial charge in [-0.25, -0.2) is 4.84 Å². The van der Waals surface area contributed by atoms with Crippen LogP contribution in [-0.4, -0.2) is 52.5 Å². The molecule has 0 aliphatic carbocycles. The Hall–Kier alpha value is -0.710. The Bertz CT molecular complexity index is 469. The van der Waals surface area contributed by atoms with Crippen LogP contribution in [0.2, 0.25) is 0 Å². The zero-order valence-electron chi connectivity index (χ0n) is 11.3. The quantitative estimate of drug-likeness (QED) is 0.314. The first-order chi connectivity index (χ1) is 9.52. The summed E-state index contributed by atoms with van der Waals surface area (Å²) in [5.74, 6) is -1.29. The van der Waals surface area contributed by atoms with Gasteiger partial charge < -0.3 is 30.0 Å². The number of carbonyl (C=O) groups is 1. The number of carboxylic acid groups (broad SMARTS) is 1. The van der Waals surface area contributed by atoms with E-state index in [1.54, 1.807) is 0 Å². The molecule has 1 aromatic carbocycles. The van der Waals surface area contributed by atoms with Crippen molar-refractivity contribution in [3.8, 4) is 0 Å². The van der Waals surface area contributed by atoms with E-state index in [-0.39, 0.29) is 35.1 Å². The van der Waals surface area contributed by atoms with Crippen molar-refractivity contribution in [1.29, 1.82) is 0 Å². The molecule has 1 heterocycles. The first-order valence-corrected chi connectivity index (χ1v) is 5.88. The molecule has 4 atom stereocenters. The molecule has 1 aliphatic heterocycles. The molecule has 0 spiro atoms. The molecule has 9 heteroatoms. The van der Waals surface area contributed by atoms with Crippen LogP contribution in [-0.2, 0) is 9.57 Å². The van der Waals surface area contributed by atoms with E-state index in [0.717, 1.165) is 0 Å². The van der Waals surface area contributed by atoms with Crippen molar-refractivity contribution in [2.75, 3.05) is 12.1 Å². The SMILES string of the molecule is O=C([O-])c1ccc(NOC2O[C@@H](CO)[C@H](O)[C@H]2O)cc1.[Na+]. The van der Waals surface area contributed by atoms with Gasteiger partial charge in [0.2, 0.25) is 6.29 Å². The second-order valence-corrected chi connectivity index (χ2v) is 4.29. The number of hydrogen-bond donors (Lipinski definition) is 4. The van der Waals surface area contributed by atoms with Crippen LogP contribution in [0.3, 0.4) is 0 Å². The van der Waals surface area contributed by atoms with Gasteiger partial charge >= 0.3 is 29.6 Å². The number of carbonyl (C=O) groups excluding carboxylic acids is 1. The Labute approximate surface area is 142 Å². The van der Waals surface area contributed by atoms with Crippen LogP contribution in [0.5, 0.6) is 0 Å². The van der Waals surface area contributed by atoms with E-state index >= 15 is 0 Å². The third-order valence-electron chi connectivity index (χ3n) is 2.91. The van der Waals surface area contributed by atoms with Gasteiger partial charge in [-0.15, -0.1) is 0 Å². The number of aliphatic hydroxyl groups excluding tert-OH is 3. The molecule has 0 radical (unpaired) electrons. The van der Waals surface area contributed by atoms with Gasteiger partial charge in [0.1, 0.15) is 18.3 Å². The zero-order valence-corrected chi connectivity index (χ0v) is 13.3. The average molecular weight is 307 g/mol. The molecule has 21 heavy (non-hydrogen) atoms. The van der Waals surface area contributed by atoms with Gasteiger partial charge in [-0.1, -0.05) is 12.1 Å². The molecule has 0 saturated carbocycles. The molecule has 110 valence electrons. The number of aliphatic hydroxyl groups is 3. The van der Waals surface area contributed by atoms with Crippen molar-refractivity contribution in [2.45, 2.75) is 24.6 Å². The molecule has 1 unspecified atom stereocenters. The number of hydrogen-bond acceptors (Lipinski definition) is 8. The molecule has 0 amide bonds. The fourth-order valence-corrected chi connectivity index (χ4v) is 1.76. The monoisotopic (exact) mass is 307 g/mol. The van der Waals surface area contributed by atoms with Gasteiger partial charge in [-0.05, 0) is 17.7 Å². The van der Waals surface area contributed by atoms with E-state index in [0.29, 0.717) is 5.69 Å². The van der Waals surface area contributed by atoms with Crippen LogP contribution in [0.15, 0.2) is 24.3 Å². The van der Waals surface area contributed by atoms with Crippen LogP contribution in [0.25, 0.3) is 0 Å². The van der Waals surface area contributed by atoms with Crippen molar-refractivity contribution >= 4 is 11.7 Å². The van der Waals surface area contributed by atoms with Crippen molar-refractivity contribution in [3.63, 3.8) is 0 Å². The minimum atomic E-state index is -1.30. The van der Waals surface area contributed by atoms with Crippen LogP contribution < -0.4 is 40.1 Å². The topological polar surface area (TPSA) is 131 Å². The largest absolute Gasteiger partial charge is 1.00 e. The molecule has 8 nitrogen and oxygen atoms in total. The van der Waals surface area contributed by atoms with Crippen molar-refractivity contribution in [2.24, 2.45) is 0 Å². The van der Waals surface area contributed by atoms with Crippen molar-refractivity contribution < 1.29 is 64.4 Å². The number of nitrogens with one attached hydrogen (secondary N) is 1. The van der Waals surface area contributed by atoms with E-state index in [1.807, 2.05) is 0 Å². The first kappa shape index (κ1) is 18.3. The molecule has 4 N–H and O–H groups in total. The van der Waals surface area contributed by atoms with Crippen molar-refractivity contribution in [1.82, 2.24) is 0 Å². The fourth-order valence-electron chi connectivity index (χ4n) is 1.76. The van der Waals surface area contributed by atoms with E-state index in [1.165, 1.54) is 24.3 Å². The maximum absolute atomic E-state index is 10.6. The fraction of sp³-hybridized carbons (Fsp3) is 0.417. The molecule has 0 aromatic heterocycles. The molecule has 1 aliphatic rings. The minimum absolute atomic E-state index is 0. The summed E-state index contributed by atoms with van der Waals surface area (Å²) < 4.78 is 5.08. The summed E-state index contributed by atoms with van der Waals surface area (Å²) in [6.07, 6.45) is -4.62. The summed E-state index contributed by atoms with van der Waals surface area (Å²) in [5.41, 5.74) is 2.90. The predicted molar refractivity (Wildman–Crippen MR) is 63.2 cm³/mol. The Balaban J connectivity index is 0.00000220. The molecule has 1 aromatic rings. The molecule has 1 fully saturated rings. The van der Waals surface area contributed by atoms with Crippen LogP contribution in [0, 0.1) is 0 Å². The third kappa shape index (κ3) is 4.38. The van der Waals surface area contributed by atoms with Gasteiger partial charge in [0, 0.05) is 0 Å². The maximum Gasteiger partial charge on any atom is 1.00 e. The van der Waals surface area contributed by atoms with Gasteiger partial charge in [-0.2, -0.15) is 0 Å². The van der Waals surface area contributed by atoms with Gasteiger partial charge in [0.05, 0.1) is 18.3 Å². The number of carboxylic acids is 1. The van der Waals surface area contributed by atoms with Crippen molar-refractivity contribution in [3.05, 3.63) is 29.8 Å². The third-order valence-corrected chi connectivity index (χ3v) is 2.91. The predicted octanol–water partition coefficient (Wildman–Crippen LogP) is -5.16. The molecular weight excluding hydrogens is 293 g/mol. The smallest absolute Gasteiger partial charge is 0.545 e. The zero-order chi connectivity index (χ0) is 14.7. The summed E-state index contributed by atoms with van der Waals surface area (Å²) >= 11 is 0. The maximum atomic E-state index is 10.6. The molecule has 1 saturated heterocycles. The Kier molecular flexibility index (Phi) is 7.04. The van der Waals surface area contributed by atoms with E-state index in [9.17, 15) is 20.1 Å². The summed E-state index contributed by atoms with van der Waals surface area (Å²) in [6, 6.07) is 5.51. The van der Waals surface area contributed by atoms with Gasteiger partial charge in [0.25, 0.3) is 0 Å². The summed E-state index contributed by atoms with van der Waals surface area (Å²) in [5, 5.41) is 38.6. The van der Waals surface area contributed by atoms with E-state index in [4.69, 9.17) is 14.7 Å². The van der Waals surface area contributed by atoms with E-state index in [2.05, 4.69) is 5.48 Å². The Morgan fingerprint density at radius 1 is 1.29 bits per heavy atom. The number of aromatic carboxylic acids is 1. The van der Waals surface area contributed by atoms with Crippen LogP contribution >= 0.6 is 0 Å². The molecule has 0 bridgehead atoms. The second kappa shape index (κ2) is 8.06. The normalized spacial score (nSPS) is 28.0. The second-order valence-electron chi connectivity index (χ2n) is 4.29. The molecule has 2 rings (SSSR count). The number of ether oxygens (including phenoxy) is 1. The standard InChI is InChI=1S/C12H15NO7.Na/c14-5-8-9(15)10(16)12(19-8)20-13-7-3-1-6(2-4-7)11(17)18;/h1-4,8-10,12-16H,5H2,(H,17,18);/q;+1/p-1/t8-,9-,10+,12?;/m0./s1. The number of benzene rings is 1. The van der Waals surface area contributed by atoms with Crippen LogP contribution in [0.1, 0.15) is 10.4 Å².